The summed E-state index contributed by atoms with van der Waals surface area (Å²) in [5, 5.41) is 14.3. The van der Waals surface area contributed by atoms with Gasteiger partial charge in [0.1, 0.15) is 11.9 Å². The van der Waals surface area contributed by atoms with E-state index >= 15 is 0 Å². The van der Waals surface area contributed by atoms with Crippen LogP contribution < -0.4 is 10.6 Å². The monoisotopic (exact) mass is 403 g/mol. The Balaban J connectivity index is 1.66. The molecule has 1 aromatic carbocycles. The highest BCUT2D eigenvalue weighted by Crippen LogP contribution is 2.31. The number of halogens is 3. The van der Waals surface area contributed by atoms with Crippen molar-refractivity contribution >= 4 is 23.2 Å². The topological polar surface area (TPSA) is 98.1 Å². The molecule has 0 spiro atoms. The van der Waals surface area contributed by atoms with Gasteiger partial charge < -0.3 is 15.5 Å². The fourth-order valence-electron chi connectivity index (χ4n) is 2.93. The minimum atomic E-state index is -3.13. The van der Waals surface area contributed by atoms with Gasteiger partial charge in [-0.05, 0) is 30.3 Å². The van der Waals surface area contributed by atoms with E-state index in [0.717, 1.165) is 4.90 Å². The maximum atomic E-state index is 13.5. The molecule has 2 aromatic rings. The number of carbonyl (C=O) groups excluding carboxylic acids is 2. The zero-order valence-electron chi connectivity index (χ0n) is 15.0. The van der Waals surface area contributed by atoms with Crippen molar-refractivity contribution in [3.05, 3.63) is 54.1 Å². The fraction of sp³-hybridized carbons (Fsp3) is 0.263. The smallest absolute Gasteiger partial charge is 0.268 e. The average molecular weight is 403 g/mol. The Morgan fingerprint density at radius 2 is 2.00 bits per heavy atom. The number of amides is 2. The van der Waals surface area contributed by atoms with E-state index in [0.29, 0.717) is 11.4 Å². The van der Waals surface area contributed by atoms with E-state index in [1.54, 1.807) is 6.07 Å². The Bertz CT molecular complexity index is 959. The van der Waals surface area contributed by atoms with E-state index in [1.807, 2.05) is 0 Å². The number of carbonyl (C=O) groups is 2. The molecule has 0 bridgehead atoms. The third-order valence-corrected chi connectivity index (χ3v) is 4.33. The number of pyridine rings is 1. The van der Waals surface area contributed by atoms with E-state index < -0.39 is 49.1 Å². The van der Waals surface area contributed by atoms with Gasteiger partial charge in [-0.15, -0.1) is 0 Å². The molecule has 3 rings (SSSR count). The average Bonchev–Trinajstić information content (AvgIpc) is 3.03. The van der Waals surface area contributed by atoms with Gasteiger partial charge in [0.2, 0.25) is 5.91 Å². The second-order valence-electron chi connectivity index (χ2n) is 6.46. The molecular weight excluding hydrogens is 387 g/mol. The van der Waals surface area contributed by atoms with Crippen LogP contribution in [-0.4, -0.2) is 46.8 Å². The van der Waals surface area contributed by atoms with Crippen molar-refractivity contribution in [3.63, 3.8) is 0 Å². The van der Waals surface area contributed by atoms with Crippen LogP contribution in [0.1, 0.15) is 16.8 Å². The van der Waals surface area contributed by atoms with E-state index in [2.05, 4.69) is 15.6 Å². The van der Waals surface area contributed by atoms with E-state index in [4.69, 9.17) is 5.26 Å². The number of likely N-dealkylation sites (tertiary alicyclic amines) is 1. The number of nitrogens with one attached hydrogen (secondary N) is 2. The van der Waals surface area contributed by atoms with Crippen LogP contribution in [0.5, 0.6) is 0 Å². The molecule has 10 heteroatoms. The van der Waals surface area contributed by atoms with Crippen molar-refractivity contribution in [3.8, 4) is 6.07 Å². The molecule has 2 amide bonds. The van der Waals surface area contributed by atoms with Crippen LogP contribution in [0.4, 0.5) is 24.5 Å². The number of nitrogens with zero attached hydrogens (tertiary/aromatic N) is 3. The molecule has 2 heterocycles. The van der Waals surface area contributed by atoms with Gasteiger partial charge in [0.05, 0.1) is 36.6 Å². The summed E-state index contributed by atoms with van der Waals surface area (Å²) in [6.45, 7) is -1.39. The third-order valence-electron chi connectivity index (χ3n) is 4.33. The molecule has 150 valence electrons. The first-order valence-corrected chi connectivity index (χ1v) is 8.61. The molecule has 1 aliphatic rings. The maximum absolute atomic E-state index is 13.5. The van der Waals surface area contributed by atoms with Gasteiger partial charge >= 0.3 is 0 Å². The fourth-order valence-corrected chi connectivity index (χ4v) is 2.93. The van der Waals surface area contributed by atoms with Crippen LogP contribution in [0, 0.1) is 17.1 Å². The maximum Gasteiger partial charge on any atom is 0.268 e. The van der Waals surface area contributed by atoms with Gasteiger partial charge in [0.25, 0.3) is 11.8 Å². The quantitative estimate of drug-likeness (QED) is 0.799. The summed E-state index contributed by atoms with van der Waals surface area (Å²) in [6, 6.07) is 7.30. The zero-order chi connectivity index (χ0) is 21.0. The van der Waals surface area contributed by atoms with Crippen molar-refractivity contribution in [1.29, 1.82) is 5.26 Å². The number of hydrogen-bond acceptors (Lipinski definition) is 5. The normalized spacial score (nSPS) is 17.4. The molecule has 2 N–H and O–H groups in total. The van der Waals surface area contributed by atoms with Crippen LogP contribution in [0.25, 0.3) is 0 Å². The molecule has 7 nitrogen and oxygen atoms in total. The molecule has 1 aliphatic heterocycles. The van der Waals surface area contributed by atoms with Crippen LogP contribution in [0.2, 0.25) is 0 Å². The second-order valence-corrected chi connectivity index (χ2v) is 6.46. The summed E-state index contributed by atoms with van der Waals surface area (Å²) >= 11 is 0. The summed E-state index contributed by atoms with van der Waals surface area (Å²) in [5.74, 6) is -4.95. The van der Waals surface area contributed by atoms with Crippen molar-refractivity contribution in [2.24, 2.45) is 0 Å². The highest BCUT2D eigenvalue weighted by atomic mass is 19.3. The van der Waals surface area contributed by atoms with Gasteiger partial charge in [0.15, 0.2) is 0 Å². The number of hydrogen-bond donors (Lipinski definition) is 2. The second kappa shape index (κ2) is 8.18. The number of alkyl halides is 2. The molecule has 1 aromatic heterocycles. The Morgan fingerprint density at radius 3 is 2.69 bits per heavy atom. The lowest BCUT2D eigenvalue weighted by Gasteiger charge is -2.19. The Kier molecular flexibility index (Phi) is 5.68. The van der Waals surface area contributed by atoms with E-state index in [1.165, 1.54) is 42.7 Å². The lowest BCUT2D eigenvalue weighted by molar-refractivity contribution is -0.131. The Morgan fingerprint density at radius 1 is 1.28 bits per heavy atom. The summed E-state index contributed by atoms with van der Waals surface area (Å²) in [5.41, 5.74) is 0.980. The molecule has 1 saturated heterocycles. The first-order chi connectivity index (χ1) is 13.8. The number of anilines is 2. The zero-order valence-corrected chi connectivity index (χ0v) is 15.0. The third kappa shape index (κ3) is 4.82. The number of aromatic nitrogens is 1. The van der Waals surface area contributed by atoms with Gasteiger partial charge in [0, 0.05) is 18.3 Å². The van der Waals surface area contributed by atoms with Crippen LogP contribution in [0.15, 0.2) is 42.7 Å². The van der Waals surface area contributed by atoms with Gasteiger partial charge in [-0.2, -0.15) is 5.26 Å². The van der Waals surface area contributed by atoms with Crippen molar-refractivity contribution in [2.45, 2.75) is 18.4 Å². The van der Waals surface area contributed by atoms with Crippen molar-refractivity contribution in [1.82, 2.24) is 15.2 Å². The molecule has 0 saturated carbocycles. The van der Waals surface area contributed by atoms with E-state index in [9.17, 15) is 22.8 Å². The first kappa shape index (κ1) is 20.1. The standard InChI is InChI=1S/C19H16F3N5O2/c20-12-1-3-13(4-2-12)26-16-9-24-6-5-15(16)18(29)25-10-17(28)27-11-19(21,22)7-14(27)8-23/h1-6,9,14,26H,7,10-11H2,(H,25,29)/t14-/m0/s1. The number of rotatable bonds is 5. The van der Waals surface area contributed by atoms with Gasteiger partial charge in [-0.1, -0.05) is 0 Å². The van der Waals surface area contributed by atoms with Crippen molar-refractivity contribution in [2.75, 3.05) is 18.4 Å². The number of nitriles is 1. The Labute approximate surface area is 164 Å². The van der Waals surface area contributed by atoms with Gasteiger partial charge in [-0.3, -0.25) is 14.6 Å². The lowest BCUT2D eigenvalue weighted by Crippen LogP contribution is -2.43. The molecular formula is C19H16F3N5O2. The molecule has 0 unspecified atom stereocenters. The number of benzene rings is 1. The molecule has 1 fully saturated rings. The summed E-state index contributed by atoms with van der Waals surface area (Å²) in [4.78, 5) is 29.4. The molecule has 0 aliphatic carbocycles. The Hall–Kier alpha value is -3.61. The predicted molar refractivity (Wildman–Crippen MR) is 96.9 cm³/mol. The minimum Gasteiger partial charge on any atom is -0.354 e. The molecule has 29 heavy (non-hydrogen) atoms. The summed E-state index contributed by atoms with van der Waals surface area (Å²) < 4.78 is 40.0. The SMILES string of the molecule is N#C[C@@H]1CC(F)(F)CN1C(=O)CNC(=O)c1ccncc1Nc1ccc(F)cc1. The minimum absolute atomic E-state index is 0.153. The van der Waals surface area contributed by atoms with Crippen LogP contribution in [-0.2, 0) is 4.79 Å². The molecule has 0 radical (unpaired) electrons. The summed E-state index contributed by atoms with van der Waals surface area (Å²) in [6.07, 6.45) is 2.03. The highest BCUT2D eigenvalue weighted by Gasteiger charge is 2.47. The van der Waals surface area contributed by atoms with Crippen LogP contribution in [0.3, 0.4) is 0 Å². The first-order valence-electron chi connectivity index (χ1n) is 8.61. The summed E-state index contributed by atoms with van der Waals surface area (Å²) in [7, 11) is 0. The predicted octanol–water partition coefficient (Wildman–Crippen LogP) is 2.45. The van der Waals surface area contributed by atoms with Crippen molar-refractivity contribution < 1.29 is 22.8 Å². The van der Waals surface area contributed by atoms with Gasteiger partial charge in [-0.25, -0.2) is 13.2 Å². The molecule has 1 atom stereocenters. The largest absolute Gasteiger partial charge is 0.354 e. The highest BCUT2D eigenvalue weighted by molar-refractivity contribution is 6.01. The van der Waals surface area contributed by atoms with Crippen LogP contribution >= 0.6 is 0 Å². The van der Waals surface area contributed by atoms with E-state index in [-0.39, 0.29) is 5.56 Å². The lowest BCUT2D eigenvalue weighted by atomic mass is 10.2.